The fourth-order valence-corrected chi connectivity index (χ4v) is 4.23. The Hall–Kier alpha value is -2.74. The zero-order valence-electron chi connectivity index (χ0n) is 18.9. The third-order valence-electron chi connectivity index (χ3n) is 6.16. The zero-order valence-corrected chi connectivity index (χ0v) is 18.9. The first-order valence-electron chi connectivity index (χ1n) is 11.2. The van der Waals surface area contributed by atoms with Crippen LogP contribution in [0.3, 0.4) is 0 Å². The summed E-state index contributed by atoms with van der Waals surface area (Å²) < 4.78 is 0. The van der Waals surface area contributed by atoms with Crippen molar-refractivity contribution in [1.82, 2.24) is 0 Å². The molecule has 0 aliphatic rings. The van der Waals surface area contributed by atoms with Gasteiger partial charge in [0.25, 0.3) is 0 Å². The van der Waals surface area contributed by atoms with Crippen LogP contribution in [0, 0.1) is 5.92 Å². The molecule has 0 saturated carbocycles. The third-order valence-corrected chi connectivity index (χ3v) is 6.16. The molecule has 3 aromatic rings. The Morgan fingerprint density at radius 1 is 0.700 bits per heavy atom. The fraction of sp³-hybridized carbons (Fsp3) is 0.357. The molecule has 3 aromatic carbocycles. The van der Waals surface area contributed by atoms with E-state index in [0.717, 1.165) is 24.2 Å². The second-order valence-corrected chi connectivity index (χ2v) is 9.12. The molecule has 0 saturated heterocycles. The summed E-state index contributed by atoms with van der Waals surface area (Å²) in [5.74, 6) is 1.46. The first-order valence-corrected chi connectivity index (χ1v) is 11.2. The van der Waals surface area contributed by atoms with E-state index >= 15 is 0 Å². The largest absolute Gasteiger partial charge is 0.399 e. The van der Waals surface area contributed by atoms with Crippen LogP contribution < -0.4 is 11.5 Å². The van der Waals surface area contributed by atoms with Crippen LogP contribution in [0.2, 0.25) is 0 Å². The van der Waals surface area contributed by atoms with Crippen LogP contribution >= 0.6 is 0 Å². The third kappa shape index (κ3) is 5.44. The lowest BCUT2D eigenvalue weighted by molar-refractivity contribution is 0.480. The van der Waals surface area contributed by atoms with Crippen molar-refractivity contribution in [3.8, 4) is 11.1 Å². The van der Waals surface area contributed by atoms with Gasteiger partial charge in [0.1, 0.15) is 0 Å². The number of anilines is 2. The van der Waals surface area contributed by atoms with Gasteiger partial charge in [0.15, 0.2) is 0 Å². The van der Waals surface area contributed by atoms with E-state index in [9.17, 15) is 0 Å². The predicted octanol–water partition coefficient (Wildman–Crippen LogP) is 7.40. The smallest absolute Gasteiger partial charge is 0.0384 e. The first-order chi connectivity index (χ1) is 14.3. The molecule has 158 valence electrons. The van der Waals surface area contributed by atoms with E-state index in [-0.39, 0.29) is 0 Å². The van der Waals surface area contributed by atoms with Gasteiger partial charge in [0.05, 0.1) is 0 Å². The number of hydrogen-bond acceptors (Lipinski definition) is 2. The van der Waals surface area contributed by atoms with E-state index in [1.54, 1.807) is 0 Å². The standard InChI is InChI=1S/C28H36N2/c1-19(2)26-17-24(23-8-6-5-7-9-23)18-27(28(26)30)21(4)11-10-20(3)16-22-12-14-25(29)15-13-22/h5-9,12-15,17-21H,10-11,16,29-30H2,1-4H3. The van der Waals surface area contributed by atoms with E-state index in [0.29, 0.717) is 17.8 Å². The first kappa shape index (κ1) is 22.0. The van der Waals surface area contributed by atoms with Crippen molar-refractivity contribution < 1.29 is 0 Å². The molecule has 3 rings (SSSR count). The summed E-state index contributed by atoms with van der Waals surface area (Å²) in [6, 6.07) is 23.5. The summed E-state index contributed by atoms with van der Waals surface area (Å²) in [5, 5.41) is 0. The average molecular weight is 401 g/mol. The molecular formula is C28H36N2. The second kappa shape index (κ2) is 9.84. The van der Waals surface area contributed by atoms with Crippen LogP contribution in [-0.4, -0.2) is 0 Å². The summed E-state index contributed by atoms with van der Waals surface area (Å²) in [7, 11) is 0. The Bertz CT molecular complexity index is 942. The quantitative estimate of drug-likeness (QED) is 0.387. The number of nitrogens with two attached hydrogens (primary N) is 2. The molecule has 2 atom stereocenters. The monoisotopic (exact) mass is 400 g/mol. The molecule has 0 fully saturated rings. The van der Waals surface area contributed by atoms with Gasteiger partial charge in [-0.15, -0.1) is 0 Å². The molecule has 0 spiro atoms. The maximum Gasteiger partial charge on any atom is 0.0384 e. The lowest BCUT2D eigenvalue weighted by atomic mass is 9.84. The predicted molar refractivity (Wildman–Crippen MR) is 132 cm³/mol. The lowest BCUT2D eigenvalue weighted by Gasteiger charge is -2.22. The van der Waals surface area contributed by atoms with Gasteiger partial charge < -0.3 is 11.5 Å². The van der Waals surface area contributed by atoms with Crippen molar-refractivity contribution in [2.75, 3.05) is 11.5 Å². The minimum Gasteiger partial charge on any atom is -0.399 e. The van der Waals surface area contributed by atoms with Crippen molar-refractivity contribution in [3.63, 3.8) is 0 Å². The van der Waals surface area contributed by atoms with Crippen LogP contribution in [0.15, 0.2) is 66.7 Å². The molecule has 0 aliphatic carbocycles. The molecule has 0 heterocycles. The van der Waals surface area contributed by atoms with Gasteiger partial charge in [-0.2, -0.15) is 0 Å². The fourth-order valence-electron chi connectivity index (χ4n) is 4.23. The van der Waals surface area contributed by atoms with Gasteiger partial charge in [-0.05, 0) is 89.1 Å². The SMILES string of the molecule is CC(CCC(C)c1cc(-c2ccccc2)cc(C(C)C)c1N)Cc1ccc(N)cc1. The van der Waals surface area contributed by atoms with Crippen molar-refractivity contribution in [2.24, 2.45) is 5.92 Å². The Morgan fingerprint density at radius 2 is 1.33 bits per heavy atom. The summed E-state index contributed by atoms with van der Waals surface area (Å²) in [5.41, 5.74) is 20.7. The Kier molecular flexibility index (Phi) is 7.20. The topological polar surface area (TPSA) is 52.0 Å². The molecular weight excluding hydrogens is 364 g/mol. The number of hydrogen-bond donors (Lipinski definition) is 2. The molecule has 0 amide bonds. The Balaban J connectivity index is 1.76. The highest BCUT2D eigenvalue weighted by Crippen LogP contribution is 2.37. The van der Waals surface area contributed by atoms with Crippen LogP contribution in [-0.2, 0) is 6.42 Å². The van der Waals surface area contributed by atoms with E-state index in [2.05, 4.69) is 82.3 Å². The van der Waals surface area contributed by atoms with Crippen molar-refractivity contribution in [1.29, 1.82) is 0 Å². The number of benzene rings is 3. The van der Waals surface area contributed by atoms with Crippen molar-refractivity contribution in [2.45, 2.75) is 58.8 Å². The minimum absolute atomic E-state index is 0.407. The Morgan fingerprint density at radius 3 is 1.97 bits per heavy atom. The molecule has 0 radical (unpaired) electrons. The second-order valence-electron chi connectivity index (χ2n) is 9.12. The molecule has 4 N–H and O–H groups in total. The highest BCUT2D eigenvalue weighted by atomic mass is 14.6. The molecule has 30 heavy (non-hydrogen) atoms. The summed E-state index contributed by atoms with van der Waals surface area (Å²) in [6.07, 6.45) is 3.40. The van der Waals surface area contributed by atoms with Gasteiger partial charge in [0, 0.05) is 11.4 Å². The molecule has 2 heteroatoms. The summed E-state index contributed by atoms with van der Waals surface area (Å²) >= 11 is 0. The van der Waals surface area contributed by atoms with Crippen molar-refractivity contribution in [3.05, 3.63) is 83.4 Å². The highest BCUT2D eigenvalue weighted by Gasteiger charge is 2.17. The average Bonchev–Trinajstić information content (AvgIpc) is 2.74. The maximum atomic E-state index is 6.66. The summed E-state index contributed by atoms with van der Waals surface area (Å²) in [6.45, 7) is 9.11. The van der Waals surface area contributed by atoms with Gasteiger partial charge in [0.2, 0.25) is 0 Å². The van der Waals surface area contributed by atoms with Crippen LogP contribution in [0.5, 0.6) is 0 Å². The van der Waals surface area contributed by atoms with Crippen LogP contribution in [0.1, 0.15) is 69.1 Å². The lowest BCUT2D eigenvalue weighted by Crippen LogP contribution is -2.08. The summed E-state index contributed by atoms with van der Waals surface area (Å²) in [4.78, 5) is 0. The van der Waals surface area contributed by atoms with Crippen LogP contribution in [0.4, 0.5) is 11.4 Å². The van der Waals surface area contributed by atoms with Gasteiger partial charge in [-0.1, -0.05) is 70.2 Å². The van der Waals surface area contributed by atoms with Crippen molar-refractivity contribution >= 4 is 11.4 Å². The van der Waals surface area contributed by atoms with E-state index in [4.69, 9.17) is 11.5 Å². The van der Waals surface area contributed by atoms with E-state index in [1.807, 2.05) is 12.1 Å². The molecule has 0 aromatic heterocycles. The van der Waals surface area contributed by atoms with Crippen LogP contribution in [0.25, 0.3) is 11.1 Å². The van der Waals surface area contributed by atoms with Gasteiger partial charge >= 0.3 is 0 Å². The molecule has 0 aliphatic heterocycles. The molecule has 0 bridgehead atoms. The van der Waals surface area contributed by atoms with Gasteiger partial charge in [-0.3, -0.25) is 0 Å². The Labute approximate surface area is 182 Å². The maximum absolute atomic E-state index is 6.66. The number of nitrogen functional groups attached to an aromatic ring is 2. The molecule has 2 nitrogen and oxygen atoms in total. The number of rotatable bonds is 8. The van der Waals surface area contributed by atoms with E-state index in [1.165, 1.54) is 34.2 Å². The van der Waals surface area contributed by atoms with E-state index < -0.39 is 0 Å². The zero-order chi connectivity index (χ0) is 21.7. The minimum atomic E-state index is 0.407. The molecule has 2 unspecified atom stereocenters. The highest BCUT2D eigenvalue weighted by molar-refractivity contribution is 5.71. The normalized spacial score (nSPS) is 13.4. The van der Waals surface area contributed by atoms with Gasteiger partial charge in [-0.25, -0.2) is 0 Å².